The average molecular weight is 582 g/mol. The number of rotatable bonds is 9. The van der Waals surface area contributed by atoms with Gasteiger partial charge in [-0.2, -0.15) is 0 Å². The quantitative estimate of drug-likeness (QED) is 0.271. The Labute approximate surface area is 219 Å². The van der Waals surface area contributed by atoms with Gasteiger partial charge in [-0.15, -0.1) is 0 Å². The second-order valence-electron chi connectivity index (χ2n) is 6.97. The van der Waals surface area contributed by atoms with E-state index < -0.39 is 18.5 Å². The molecule has 3 aromatic rings. The molecular formula is C24H19BrCl2N2O4S. The molecule has 0 saturated heterocycles. The number of carbonyl (C=O) groups excluding carboxylic acids is 3. The standard InChI is InChI=1S/C24H19BrCl2N2O4S/c25-20-10-5-17(13-21(20)27)29-23(31)14-33-24(32)12-11-22(30)28-16-3-8-19(9-4-16)34-18-6-1-15(26)2-7-18/h1-10,13H,11-12,14H2,(H,28,30)(H,29,31). The van der Waals surface area contributed by atoms with Crippen molar-refractivity contribution in [2.24, 2.45) is 0 Å². The van der Waals surface area contributed by atoms with Crippen molar-refractivity contribution in [3.05, 3.63) is 81.2 Å². The minimum atomic E-state index is -0.645. The Hall–Kier alpha value is -2.52. The van der Waals surface area contributed by atoms with E-state index in [2.05, 4.69) is 26.6 Å². The Morgan fingerprint density at radius 3 is 2.03 bits per heavy atom. The first-order chi connectivity index (χ1) is 16.3. The molecule has 0 aliphatic rings. The van der Waals surface area contributed by atoms with Crippen LogP contribution in [0.4, 0.5) is 11.4 Å². The van der Waals surface area contributed by atoms with Gasteiger partial charge in [-0.05, 0) is 82.7 Å². The highest BCUT2D eigenvalue weighted by Crippen LogP contribution is 2.29. The Morgan fingerprint density at radius 2 is 1.38 bits per heavy atom. The van der Waals surface area contributed by atoms with E-state index in [4.69, 9.17) is 27.9 Å². The summed E-state index contributed by atoms with van der Waals surface area (Å²) in [7, 11) is 0. The third-order valence-electron chi connectivity index (χ3n) is 4.31. The van der Waals surface area contributed by atoms with E-state index in [1.54, 1.807) is 42.1 Å². The fourth-order valence-corrected chi connectivity index (χ4v) is 4.04. The second-order valence-corrected chi connectivity index (χ2v) is 9.81. The number of anilines is 2. The summed E-state index contributed by atoms with van der Waals surface area (Å²) in [4.78, 5) is 38.0. The zero-order valence-corrected chi connectivity index (χ0v) is 21.6. The SMILES string of the molecule is O=C(CCC(=O)OCC(=O)Nc1ccc(Br)c(Cl)c1)Nc1ccc(Sc2ccc(Cl)cc2)cc1. The number of carbonyl (C=O) groups is 3. The van der Waals surface area contributed by atoms with Crippen molar-refractivity contribution in [2.75, 3.05) is 17.2 Å². The van der Waals surface area contributed by atoms with Gasteiger partial charge in [0.25, 0.3) is 5.91 Å². The van der Waals surface area contributed by atoms with Gasteiger partial charge in [0.1, 0.15) is 0 Å². The van der Waals surface area contributed by atoms with Crippen LogP contribution in [0.15, 0.2) is 81.0 Å². The van der Waals surface area contributed by atoms with Gasteiger partial charge in [0.05, 0.1) is 11.4 Å². The molecule has 3 rings (SSSR count). The van der Waals surface area contributed by atoms with Crippen LogP contribution in [0.1, 0.15) is 12.8 Å². The zero-order chi connectivity index (χ0) is 24.5. The number of hydrogen-bond donors (Lipinski definition) is 2. The molecule has 0 aliphatic heterocycles. The lowest BCUT2D eigenvalue weighted by Crippen LogP contribution is -2.21. The molecule has 0 heterocycles. The third kappa shape index (κ3) is 8.68. The van der Waals surface area contributed by atoms with E-state index in [0.717, 1.165) is 9.79 Å². The lowest BCUT2D eigenvalue weighted by molar-refractivity contribution is -0.147. The number of halogens is 3. The fraction of sp³-hybridized carbons (Fsp3) is 0.125. The van der Waals surface area contributed by atoms with Crippen LogP contribution in [0, 0.1) is 0 Å². The van der Waals surface area contributed by atoms with Crippen LogP contribution >= 0.6 is 50.9 Å². The molecule has 0 saturated carbocycles. The molecule has 0 aliphatic carbocycles. The van der Waals surface area contributed by atoms with Crippen LogP contribution < -0.4 is 10.6 Å². The summed E-state index contributed by atoms with van der Waals surface area (Å²) in [5, 5.41) is 6.43. The average Bonchev–Trinajstić information content (AvgIpc) is 2.81. The number of benzene rings is 3. The van der Waals surface area contributed by atoms with E-state index >= 15 is 0 Å². The van der Waals surface area contributed by atoms with Gasteiger partial charge in [-0.25, -0.2) is 0 Å². The molecule has 34 heavy (non-hydrogen) atoms. The second kappa shape index (κ2) is 12.8. The number of nitrogens with one attached hydrogen (secondary N) is 2. The van der Waals surface area contributed by atoms with E-state index in [1.807, 2.05) is 36.4 Å². The topological polar surface area (TPSA) is 84.5 Å². The van der Waals surface area contributed by atoms with Crippen molar-refractivity contribution in [3.8, 4) is 0 Å². The van der Waals surface area contributed by atoms with Crippen molar-refractivity contribution < 1.29 is 19.1 Å². The number of ether oxygens (including phenoxy) is 1. The van der Waals surface area contributed by atoms with Crippen LogP contribution in [0.2, 0.25) is 10.0 Å². The summed E-state index contributed by atoms with van der Waals surface area (Å²) >= 11 is 16.7. The van der Waals surface area contributed by atoms with Crippen LogP contribution in [0.3, 0.4) is 0 Å². The summed E-state index contributed by atoms with van der Waals surface area (Å²) in [6.45, 7) is -0.457. The first kappa shape index (κ1) is 26.1. The zero-order valence-electron chi connectivity index (χ0n) is 17.6. The third-order valence-corrected chi connectivity index (χ3v) is 6.81. The van der Waals surface area contributed by atoms with Gasteiger partial charge < -0.3 is 15.4 Å². The smallest absolute Gasteiger partial charge is 0.306 e. The van der Waals surface area contributed by atoms with E-state index in [-0.39, 0.29) is 18.7 Å². The highest BCUT2D eigenvalue weighted by Gasteiger charge is 2.12. The number of amides is 2. The van der Waals surface area contributed by atoms with Crippen LogP contribution in [-0.4, -0.2) is 24.4 Å². The summed E-state index contributed by atoms with van der Waals surface area (Å²) in [5.41, 5.74) is 1.09. The van der Waals surface area contributed by atoms with Crippen molar-refractivity contribution >= 4 is 80.1 Å². The summed E-state index contributed by atoms with van der Waals surface area (Å²) < 4.78 is 5.62. The minimum Gasteiger partial charge on any atom is -0.456 e. The molecule has 0 aromatic heterocycles. The number of hydrogen-bond acceptors (Lipinski definition) is 5. The normalized spacial score (nSPS) is 10.4. The molecule has 0 radical (unpaired) electrons. The predicted octanol–water partition coefficient (Wildman–Crippen LogP) is 6.81. The van der Waals surface area contributed by atoms with Gasteiger partial charge in [0, 0.05) is 37.1 Å². The Morgan fingerprint density at radius 1 is 0.794 bits per heavy atom. The van der Waals surface area contributed by atoms with Crippen molar-refractivity contribution in [1.82, 2.24) is 0 Å². The highest BCUT2D eigenvalue weighted by molar-refractivity contribution is 9.10. The highest BCUT2D eigenvalue weighted by atomic mass is 79.9. The summed E-state index contributed by atoms with van der Waals surface area (Å²) in [6.07, 6.45) is -0.211. The Kier molecular flexibility index (Phi) is 9.83. The Balaban J connectivity index is 1.36. The lowest BCUT2D eigenvalue weighted by atomic mass is 10.2. The molecule has 0 unspecified atom stereocenters. The molecule has 6 nitrogen and oxygen atoms in total. The number of esters is 1. The van der Waals surface area contributed by atoms with Crippen molar-refractivity contribution in [3.63, 3.8) is 0 Å². The lowest BCUT2D eigenvalue weighted by Gasteiger charge is -2.08. The maximum Gasteiger partial charge on any atom is 0.306 e. The maximum absolute atomic E-state index is 12.1. The van der Waals surface area contributed by atoms with Gasteiger partial charge in [0.2, 0.25) is 5.91 Å². The summed E-state index contributed by atoms with van der Waals surface area (Å²) in [6, 6.07) is 19.8. The van der Waals surface area contributed by atoms with Gasteiger partial charge in [0.15, 0.2) is 6.61 Å². The predicted molar refractivity (Wildman–Crippen MR) is 139 cm³/mol. The summed E-state index contributed by atoms with van der Waals surface area (Å²) in [5.74, 6) is -1.48. The van der Waals surface area contributed by atoms with Gasteiger partial charge >= 0.3 is 5.97 Å². The molecule has 0 atom stereocenters. The maximum atomic E-state index is 12.1. The van der Waals surface area contributed by atoms with Gasteiger partial charge in [-0.1, -0.05) is 35.0 Å². The fourth-order valence-electron chi connectivity index (χ4n) is 2.67. The molecule has 176 valence electrons. The first-order valence-corrected chi connectivity index (χ1v) is 12.4. The van der Waals surface area contributed by atoms with E-state index in [0.29, 0.717) is 25.9 Å². The van der Waals surface area contributed by atoms with Crippen molar-refractivity contribution in [1.29, 1.82) is 0 Å². The molecule has 2 N–H and O–H groups in total. The van der Waals surface area contributed by atoms with Crippen LogP contribution in [0.25, 0.3) is 0 Å². The molecular weight excluding hydrogens is 563 g/mol. The molecule has 2 amide bonds. The molecule has 10 heteroatoms. The first-order valence-electron chi connectivity index (χ1n) is 10.0. The van der Waals surface area contributed by atoms with Crippen LogP contribution in [0.5, 0.6) is 0 Å². The molecule has 3 aromatic carbocycles. The van der Waals surface area contributed by atoms with E-state index in [1.165, 1.54) is 0 Å². The largest absolute Gasteiger partial charge is 0.456 e. The van der Waals surface area contributed by atoms with Crippen molar-refractivity contribution in [2.45, 2.75) is 22.6 Å². The monoisotopic (exact) mass is 580 g/mol. The molecule has 0 fully saturated rings. The minimum absolute atomic E-state index is 0.0654. The Bertz CT molecular complexity index is 1170. The molecule has 0 bridgehead atoms. The van der Waals surface area contributed by atoms with Gasteiger partial charge in [-0.3, -0.25) is 14.4 Å². The van der Waals surface area contributed by atoms with E-state index in [9.17, 15) is 14.4 Å². The molecule has 0 spiro atoms. The van der Waals surface area contributed by atoms with Crippen LogP contribution in [-0.2, 0) is 19.1 Å².